The highest BCUT2D eigenvalue weighted by Crippen LogP contribution is 2.34. The number of benzene rings is 2. The van der Waals surface area contributed by atoms with E-state index in [1.807, 2.05) is 18.2 Å². The Morgan fingerprint density at radius 2 is 1.69 bits per heavy atom. The van der Waals surface area contributed by atoms with Crippen molar-refractivity contribution >= 4 is 33.8 Å². The predicted octanol–water partition coefficient (Wildman–Crippen LogP) is 4.87. The lowest BCUT2D eigenvalue weighted by atomic mass is 10.1. The number of methoxy groups -OCH3 is 1. The molecule has 0 saturated carbocycles. The zero-order valence-corrected chi connectivity index (χ0v) is 18.7. The Hall–Kier alpha value is -3.71. The monoisotopic (exact) mass is 448 g/mol. The molecule has 1 unspecified atom stereocenters. The van der Waals surface area contributed by atoms with Crippen molar-refractivity contribution in [3.63, 3.8) is 0 Å². The van der Waals surface area contributed by atoms with Gasteiger partial charge in [-0.25, -0.2) is 12.7 Å². The van der Waals surface area contributed by atoms with Crippen LogP contribution in [0, 0.1) is 0 Å². The fourth-order valence-corrected chi connectivity index (χ4v) is 5.07. The van der Waals surface area contributed by atoms with E-state index in [4.69, 9.17) is 4.74 Å². The number of hydrogen-bond donors (Lipinski definition) is 0. The fraction of sp³-hybridized carbons (Fsp3) is 0.120. The second-order valence-corrected chi connectivity index (χ2v) is 8.83. The largest absolute Gasteiger partial charge is 0.497 e. The maximum Gasteiger partial charge on any atom is 0.252 e. The first kappa shape index (κ1) is 23.0. The molecule has 0 radical (unpaired) electrons. The van der Waals surface area contributed by atoms with E-state index in [0.29, 0.717) is 16.9 Å². The summed E-state index contributed by atoms with van der Waals surface area (Å²) in [6.45, 7) is 4.94. The maximum absolute atomic E-state index is 13.7. The van der Waals surface area contributed by atoms with Crippen LogP contribution in [0.1, 0.15) is 28.9 Å². The zero-order valence-electron chi connectivity index (χ0n) is 17.9. The number of pyridine rings is 1. The Morgan fingerprint density at radius 3 is 2.28 bits per heavy atom. The number of rotatable bonds is 8. The van der Waals surface area contributed by atoms with E-state index in [1.165, 1.54) is 20.1 Å². The third-order valence-corrected chi connectivity index (χ3v) is 6.91. The van der Waals surface area contributed by atoms with Gasteiger partial charge in [0.15, 0.2) is 0 Å². The van der Waals surface area contributed by atoms with Crippen LogP contribution < -0.4 is 9.04 Å². The van der Waals surface area contributed by atoms with Crippen LogP contribution in [0.3, 0.4) is 0 Å². The highest BCUT2D eigenvalue weighted by Gasteiger charge is 2.35. The normalized spacial score (nSPS) is 12.3. The number of carbonyl (C=O) groups excluding carboxylic acids is 1. The summed E-state index contributed by atoms with van der Waals surface area (Å²) in [5, 5.41) is -1.12. The minimum Gasteiger partial charge on any atom is -0.497 e. The molecule has 1 heterocycles. The Balaban J connectivity index is 2.06. The number of sulfonamides is 1. The number of carbonyl (C=O) groups is 1. The molecule has 32 heavy (non-hydrogen) atoms. The van der Waals surface area contributed by atoms with Crippen molar-refractivity contribution in [1.29, 1.82) is 0 Å². The van der Waals surface area contributed by atoms with Crippen LogP contribution in [-0.4, -0.2) is 26.4 Å². The molecule has 0 aliphatic heterocycles. The summed E-state index contributed by atoms with van der Waals surface area (Å²) >= 11 is 0. The van der Waals surface area contributed by atoms with Crippen molar-refractivity contribution in [2.24, 2.45) is 0 Å². The van der Waals surface area contributed by atoms with Crippen LogP contribution in [0.15, 0.2) is 85.7 Å². The second kappa shape index (κ2) is 10.1. The molecule has 3 rings (SSSR count). The standard InChI is InChI=1S/C25H24N2O4S/c1-4-25(22-11-13-23(31-3)14-12-22)32(29,30)27(19(2)28)24-8-6-5-7-21(24)10-9-20-15-17-26-18-16-20/h4-18,25H,1H2,2-3H3. The quantitative estimate of drug-likeness (QED) is 0.460. The summed E-state index contributed by atoms with van der Waals surface area (Å²) in [6.07, 6.45) is 8.26. The molecule has 0 fully saturated rings. The molecule has 0 saturated heterocycles. The average Bonchev–Trinajstić information content (AvgIpc) is 2.79. The van der Waals surface area contributed by atoms with Gasteiger partial charge in [-0.3, -0.25) is 9.78 Å². The van der Waals surface area contributed by atoms with Crippen LogP contribution in [0.2, 0.25) is 0 Å². The number of anilines is 1. The van der Waals surface area contributed by atoms with E-state index < -0.39 is 21.2 Å². The second-order valence-electron chi connectivity index (χ2n) is 6.93. The van der Waals surface area contributed by atoms with E-state index in [-0.39, 0.29) is 5.69 Å². The van der Waals surface area contributed by atoms with Gasteiger partial charge in [0.2, 0.25) is 5.91 Å². The average molecular weight is 449 g/mol. The number of amides is 1. The summed E-state index contributed by atoms with van der Waals surface area (Å²) in [4.78, 5) is 16.6. The van der Waals surface area contributed by atoms with Crippen LogP contribution in [0.25, 0.3) is 12.2 Å². The lowest BCUT2D eigenvalue weighted by Crippen LogP contribution is -2.38. The van der Waals surface area contributed by atoms with Crippen molar-refractivity contribution in [1.82, 2.24) is 4.98 Å². The van der Waals surface area contributed by atoms with Crippen LogP contribution in [0.4, 0.5) is 5.69 Å². The minimum atomic E-state index is -4.16. The number of nitrogens with zero attached hydrogens (tertiary/aromatic N) is 2. The summed E-state index contributed by atoms with van der Waals surface area (Å²) in [5.41, 5.74) is 2.23. The van der Waals surface area contributed by atoms with Gasteiger partial charge in [-0.15, -0.1) is 6.58 Å². The van der Waals surface area contributed by atoms with Gasteiger partial charge in [0, 0.05) is 19.3 Å². The van der Waals surface area contributed by atoms with Gasteiger partial charge < -0.3 is 4.74 Å². The molecule has 7 heteroatoms. The Bertz CT molecular complexity index is 1220. The van der Waals surface area contributed by atoms with Gasteiger partial charge >= 0.3 is 0 Å². The van der Waals surface area contributed by atoms with Crippen molar-refractivity contribution < 1.29 is 17.9 Å². The SMILES string of the molecule is C=CC(c1ccc(OC)cc1)S(=O)(=O)N(C(C)=O)c1ccccc1C=Cc1ccncc1. The molecular formula is C25H24N2O4S. The first-order chi connectivity index (χ1) is 15.4. The van der Waals surface area contributed by atoms with Crippen molar-refractivity contribution in [2.45, 2.75) is 12.2 Å². The Morgan fingerprint density at radius 1 is 1.03 bits per heavy atom. The van der Waals surface area contributed by atoms with E-state index >= 15 is 0 Å². The molecule has 1 amide bonds. The van der Waals surface area contributed by atoms with Crippen molar-refractivity contribution in [3.05, 3.63) is 102 Å². The number of ether oxygens (including phenoxy) is 1. The first-order valence-corrected chi connectivity index (χ1v) is 11.4. The number of hydrogen-bond acceptors (Lipinski definition) is 5. The van der Waals surface area contributed by atoms with Crippen LogP contribution in [-0.2, 0) is 14.8 Å². The molecule has 1 aromatic heterocycles. The molecule has 164 valence electrons. The predicted molar refractivity (Wildman–Crippen MR) is 128 cm³/mol. The van der Waals surface area contributed by atoms with Crippen molar-refractivity contribution in [3.8, 4) is 5.75 Å². The van der Waals surface area contributed by atoms with E-state index in [2.05, 4.69) is 11.6 Å². The topological polar surface area (TPSA) is 76.6 Å². The molecule has 1 atom stereocenters. The van der Waals surface area contributed by atoms with Crippen LogP contribution in [0.5, 0.6) is 5.75 Å². The minimum absolute atomic E-state index is 0.269. The summed E-state index contributed by atoms with van der Waals surface area (Å²) < 4.78 is 33.3. The van der Waals surface area contributed by atoms with Gasteiger partial charge in [-0.1, -0.05) is 48.6 Å². The Kier molecular flexibility index (Phi) is 7.22. The van der Waals surface area contributed by atoms with Crippen LogP contribution >= 0.6 is 0 Å². The molecule has 0 N–H and O–H groups in total. The number of para-hydroxylation sites is 1. The highest BCUT2D eigenvalue weighted by molar-refractivity contribution is 7.94. The van der Waals surface area contributed by atoms with Gasteiger partial charge in [-0.05, 0) is 47.0 Å². The van der Waals surface area contributed by atoms with Gasteiger partial charge in [0.25, 0.3) is 10.0 Å². The molecular weight excluding hydrogens is 424 g/mol. The molecule has 3 aromatic rings. The van der Waals surface area contributed by atoms with E-state index in [1.54, 1.807) is 67.0 Å². The molecule has 0 aliphatic rings. The van der Waals surface area contributed by atoms with Gasteiger partial charge in [-0.2, -0.15) is 0 Å². The molecule has 0 spiro atoms. The smallest absolute Gasteiger partial charge is 0.252 e. The Labute approximate surface area is 188 Å². The molecule has 6 nitrogen and oxygen atoms in total. The summed E-state index contributed by atoms with van der Waals surface area (Å²) in [5.74, 6) is -0.0147. The first-order valence-electron chi connectivity index (χ1n) is 9.87. The van der Waals surface area contributed by atoms with Gasteiger partial charge in [0.05, 0.1) is 12.8 Å². The summed E-state index contributed by atoms with van der Waals surface area (Å²) in [6, 6.07) is 17.2. The molecule has 0 aliphatic carbocycles. The number of aromatic nitrogens is 1. The fourth-order valence-electron chi connectivity index (χ4n) is 3.30. The third-order valence-electron chi connectivity index (χ3n) is 4.84. The lowest BCUT2D eigenvalue weighted by molar-refractivity contribution is -0.115. The molecule has 2 aromatic carbocycles. The maximum atomic E-state index is 13.7. The van der Waals surface area contributed by atoms with E-state index in [9.17, 15) is 13.2 Å². The van der Waals surface area contributed by atoms with Crippen molar-refractivity contribution in [2.75, 3.05) is 11.4 Å². The highest BCUT2D eigenvalue weighted by atomic mass is 32.2. The zero-order chi connectivity index (χ0) is 23.1. The summed E-state index contributed by atoms with van der Waals surface area (Å²) in [7, 11) is -2.63. The third kappa shape index (κ3) is 4.95. The van der Waals surface area contributed by atoms with E-state index in [0.717, 1.165) is 9.87 Å². The lowest BCUT2D eigenvalue weighted by Gasteiger charge is -2.27. The molecule has 0 bridgehead atoms. The van der Waals surface area contributed by atoms with Gasteiger partial charge in [0.1, 0.15) is 11.0 Å².